The van der Waals surface area contributed by atoms with Gasteiger partial charge in [-0.2, -0.15) is 0 Å². The Morgan fingerprint density at radius 2 is 1.62 bits per heavy atom. The van der Waals surface area contributed by atoms with Gasteiger partial charge in [0, 0.05) is 18.1 Å². The van der Waals surface area contributed by atoms with E-state index in [-0.39, 0.29) is 11.1 Å². The molecule has 0 bridgehead atoms. The molecular formula is C20H17NO5. The Morgan fingerprint density at radius 3 is 2.19 bits per heavy atom. The standard InChI is InChI=1S/C20H17NO5/c1-12(22)21-16-11-14(20(24)26-3)9-10-15(16)17(19(21)23)18(25-2)13-7-5-4-6-8-13/h4-11H,1-3H3/b18-17-. The zero-order valence-corrected chi connectivity index (χ0v) is 14.6. The van der Waals surface area contributed by atoms with Crippen LogP contribution in [0.25, 0.3) is 11.3 Å². The number of fused-ring (bicyclic) bond motifs is 1. The number of nitrogens with zero attached hydrogens (tertiary/aromatic N) is 1. The van der Waals surface area contributed by atoms with Gasteiger partial charge in [0.25, 0.3) is 5.91 Å². The summed E-state index contributed by atoms with van der Waals surface area (Å²) >= 11 is 0. The molecule has 0 spiro atoms. The third-order valence-electron chi connectivity index (χ3n) is 4.13. The van der Waals surface area contributed by atoms with Crippen LogP contribution in [-0.2, 0) is 19.1 Å². The average molecular weight is 351 g/mol. The van der Waals surface area contributed by atoms with Crippen LogP contribution in [0.2, 0.25) is 0 Å². The fourth-order valence-electron chi connectivity index (χ4n) is 3.00. The summed E-state index contributed by atoms with van der Waals surface area (Å²) in [7, 11) is 2.74. The number of imide groups is 1. The van der Waals surface area contributed by atoms with Gasteiger partial charge < -0.3 is 9.47 Å². The summed E-state index contributed by atoms with van der Waals surface area (Å²) in [5, 5.41) is 0. The number of rotatable bonds is 3. The van der Waals surface area contributed by atoms with E-state index in [9.17, 15) is 14.4 Å². The van der Waals surface area contributed by atoms with Crippen molar-refractivity contribution in [1.82, 2.24) is 0 Å². The van der Waals surface area contributed by atoms with E-state index in [1.54, 1.807) is 12.1 Å². The summed E-state index contributed by atoms with van der Waals surface area (Å²) in [6.07, 6.45) is 0. The lowest BCUT2D eigenvalue weighted by molar-refractivity contribution is -0.122. The van der Waals surface area contributed by atoms with E-state index in [2.05, 4.69) is 0 Å². The molecule has 132 valence electrons. The van der Waals surface area contributed by atoms with Crippen molar-refractivity contribution in [2.24, 2.45) is 0 Å². The number of carbonyl (C=O) groups is 3. The topological polar surface area (TPSA) is 72.9 Å². The molecule has 0 atom stereocenters. The smallest absolute Gasteiger partial charge is 0.337 e. The zero-order valence-electron chi connectivity index (χ0n) is 14.6. The molecule has 0 aromatic heterocycles. The third kappa shape index (κ3) is 2.75. The largest absolute Gasteiger partial charge is 0.495 e. The normalized spacial score (nSPS) is 14.7. The van der Waals surface area contributed by atoms with Crippen LogP contribution in [0.4, 0.5) is 5.69 Å². The van der Waals surface area contributed by atoms with Gasteiger partial charge in [0.2, 0.25) is 5.91 Å². The van der Waals surface area contributed by atoms with E-state index in [1.807, 2.05) is 30.3 Å². The number of carbonyl (C=O) groups excluding carboxylic acids is 3. The Bertz CT molecular complexity index is 930. The molecule has 6 nitrogen and oxygen atoms in total. The van der Waals surface area contributed by atoms with Crippen LogP contribution in [0.15, 0.2) is 48.5 Å². The van der Waals surface area contributed by atoms with Crippen LogP contribution in [0.1, 0.15) is 28.4 Å². The molecule has 0 radical (unpaired) electrons. The van der Waals surface area contributed by atoms with Gasteiger partial charge in [-0.15, -0.1) is 0 Å². The fourth-order valence-corrected chi connectivity index (χ4v) is 3.00. The molecule has 2 aromatic rings. The van der Waals surface area contributed by atoms with Crippen molar-refractivity contribution in [3.63, 3.8) is 0 Å². The van der Waals surface area contributed by atoms with E-state index in [0.717, 1.165) is 4.90 Å². The fraction of sp³-hybridized carbons (Fsp3) is 0.150. The Labute approximate surface area is 150 Å². The summed E-state index contributed by atoms with van der Waals surface area (Å²) in [6.45, 7) is 1.30. The van der Waals surface area contributed by atoms with Gasteiger partial charge in [0.15, 0.2) is 0 Å². The summed E-state index contributed by atoms with van der Waals surface area (Å²) < 4.78 is 10.2. The molecule has 1 aliphatic rings. The molecule has 0 aliphatic carbocycles. The number of ether oxygens (including phenoxy) is 2. The molecule has 6 heteroatoms. The highest BCUT2D eigenvalue weighted by Gasteiger charge is 2.38. The SMILES string of the molecule is COC(=O)c1ccc2c(c1)N(C(C)=O)C(=O)/C2=C(\OC)c1ccccc1. The molecule has 0 saturated carbocycles. The molecule has 0 saturated heterocycles. The molecule has 1 heterocycles. The molecule has 1 aliphatic heterocycles. The number of amides is 2. The van der Waals surface area contributed by atoms with Gasteiger partial charge in [0.05, 0.1) is 31.0 Å². The van der Waals surface area contributed by atoms with E-state index < -0.39 is 17.8 Å². The van der Waals surface area contributed by atoms with Gasteiger partial charge in [-0.25, -0.2) is 9.69 Å². The minimum atomic E-state index is -0.545. The minimum absolute atomic E-state index is 0.255. The van der Waals surface area contributed by atoms with E-state index >= 15 is 0 Å². The summed E-state index contributed by atoms with van der Waals surface area (Å²) in [4.78, 5) is 37.9. The Kier molecular flexibility index (Phi) is 4.58. The molecule has 0 fully saturated rings. The van der Waals surface area contributed by atoms with Crippen LogP contribution in [0.5, 0.6) is 0 Å². The predicted molar refractivity (Wildman–Crippen MR) is 96.2 cm³/mol. The highest BCUT2D eigenvalue weighted by Crippen LogP contribution is 2.41. The molecule has 0 N–H and O–H groups in total. The highest BCUT2D eigenvalue weighted by molar-refractivity contribution is 6.43. The number of methoxy groups -OCH3 is 2. The zero-order chi connectivity index (χ0) is 18.8. The summed E-state index contributed by atoms with van der Waals surface area (Å²) in [5.74, 6) is -1.12. The molecule has 2 aromatic carbocycles. The quantitative estimate of drug-likeness (QED) is 0.483. The van der Waals surface area contributed by atoms with Crippen LogP contribution in [-0.4, -0.2) is 32.0 Å². The molecule has 26 heavy (non-hydrogen) atoms. The Balaban J connectivity index is 2.27. The van der Waals surface area contributed by atoms with E-state index in [4.69, 9.17) is 9.47 Å². The lowest BCUT2D eigenvalue weighted by Gasteiger charge is -2.13. The van der Waals surface area contributed by atoms with Crippen LogP contribution in [0.3, 0.4) is 0 Å². The van der Waals surface area contributed by atoms with Crippen molar-refractivity contribution in [2.75, 3.05) is 19.1 Å². The van der Waals surface area contributed by atoms with Crippen molar-refractivity contribution in [2.45, 2.75) is 6.92 Å². The second-order valence-corrected chi connectivity index (χ2v) is 5.66. The highest BCUT2D eigenvalue weighted by atomic mass is 16.5. The van der Waals surface area contributed by atoms with Crippen molar-refractivity contribution >= 4 is 34.8 Å². The second kappa shape index (κ2) is 6.84. The molecule has 0 unspecified atom stereocenters. The summed E-state index contributed by atoms with van der Waals surface area (Å²) in [5.41, 5.74) is 2.11. The van der Waals surface area contributed by atoms with Gasteiger partial charge in [-0.3, -0.25) is 9.59 Å². The predicted octanol–water partition coefficient (Wildman–Crippen LogP) is 2.88. The summed E-state index contributed by atoms with van der Waals surface area (Å²) in [6, 6.07) is 13.8. The first kappa shape index (κ1) is 17.4. The number of esters is 1. The van der Waals surface area contributed by atoms with Crippen LogP contribution >= 0.6 is 0 Å². The van der Waals surface area contributed by atoms with Gasteiger partial charge in [-0.1, -0.05) is 36.4 Å². The first-order valence-corrected chi connectivity index (χ1v) is 7.91. The van der Waals surface area contributed by atoms with Crippen LogP contribution in [0, 0.1) is 0 Å². The first-order valence-electron chi connectivity index (χ1n) is 7.91. The molecular weight excluding hydrogens is 334 g/mol. The lowest BCUT2D eigenvalue weighted by Crippen LogP contribution is -2.31. The van der Waals surface area contributed by atoms with Crippen molar-refractivity contribution in [1.29, 1.82) is 0 Å². The maximum atomic E-state index is 13.0. The van der Waals surface area contributed by atoms with Gasteiger partial charge in [0.1, 0.15) is 5.76 Å². The van der Waals surface area contributed by atoms with Gasteiger partial charge >= 0.3 is 5.97 Å². The van der Waals surface area contributed by atoms with Crippen molar-refractivity contribution in [3.8, 4) is 0 Å². The number of anilines is 1. The van der Waals surface area contributed by atoms with Gasteiger partial charge in [-0.05, 0) is 12.1 Å². The maximum absolute atomic E-state index is 13.0. The number of hydrogen-bond donors (Lipinski definition) is 0. The third-order valence-corrected chi connectivity index (χ3v) is 4.13. The van der Waals surface area contributed by atoms with Crippen LogP contribution < -0.4 is 4.90 Å². The first-order chi connectivity index (χ1) is 12.5. The average Bonchev–Trinajstić information content (AvgIpc) is 2.94. The van der Waals surface area contributed by atoms with E-state index in [0.29, 0.717) is 22.6 Å². The second-order valence-electron chi connectivity index (χ2n) is 5.66. The lowest BCUT2D eigenvalue weighted by atomic mass is 10.0. The number of benzene rings is 2. The Morgan fingerprint density at radius 1 is 0.923 bits per heavy atom. The van der Waals surface area contributed by atoms with E-state index in [1.165, 1.54) is 27.2 Å². The maximum Gasteiger partial charge on any atom is 0.337 e. The monoisotopic (exact) mass is 351 g/mol. The minimum Gasteiger partial charge on any atom is -0.495 e. The van der Waals surface area contributed by atoms with Crippen molar-refractivity contribution < 1.29 is 23.9 Å². The van der Waals surface area contributed by atoms with Crippen molar-refractivity contribution in [3.05, 3.63) is 65.2 Å². The molecule has 2 amide bonds. The number of hydrogen-bond acceptors (Lipinski definition) is 5. The molecule has 3 rings (SSSR count). The Hall–Kier alpha value is -3.41.